The lowest BCUT2D eigenvalue weighted by Gasteiger charge is -2.14. The van der Waals surface area contributed by atoms with Crippen molar-refractivity contribution in [1.82, 2.24) is 0 Å². The smallest absolute Gasteiger partial charge is 0.416 e. The number of alkyl halides is 3. The van der Waals surface area contributed by atoms with E-state index in [-0.39, 0.29) is 4.90 Å². The summed E-state index contributed by atoms with van der Waals surface area (Å²) in [6, 6.07) is 4.68. The number of hydrogen-bond donors (Lipinski definition) is 1. The molecule has 1 fully saturated rings. The van der Waals surface area contributed by atoms with Crippen LogP contribution in [0.25, 0.3) is 0 Å². The first-order valence-corrected chi connectivity index (χ1v) is 6.84. The third-order valence-electron chi connectivity index (χ3n) is 2.74. The van der Waals surface area contributed by atoms with E-state index in [1.807, 2.05) is 0 Å². The first kappa shape index (κ1) is 15.6. The summed E-state index contributed by atoms with van der Waals surface area (Å²) in [5.74, 6) is 0. The number of halogens is 3. The van der Waals surface area contributed by atoms with Gasteiger partial charge in [-0.2, -0.15) is 30.7 Å². The van der Waals surface area contributed by atoms with Crippen LogP contribution >= 0.6 is 12.6 Å². The van der Waals surface area contributed by atoms with Crippen LogP contribution in [0.1, 0.15) is 37.7 Å². The molecule has 0 spiro atoms. The van der Waals surface area contributed by atoms with Gasteiger partial charge in [-0.15, -0.1) is 0 Å². The van der Waals surface area contributed by atoms with Crippen molar-refractivity contribution in [1.29, 1.82) is 0 Å². The summed E-state index contributed by atoms with van der Waals surface area (Å²) in [4.78, 5) is 0.208. The minimum Gasteiger partial charge on any atom is -0.780 e. The van der Waals surface area contributed by atoms with Crippen molar-refractivity contribution in [2.75, 3.05) is 0 Å². The van der Waals surface area contributed by atoms with E-state index in [4.69, 9.17) is 0 Å². The van der Waals surface area contributed by atoms with Crippen molar-refractivity contribution >= 4 is 25.3 Å². The Balaban J connectivity index is 0.000000199. The second-order valence-corrected chi connectivity index (χ2v) is 5.52. The predicted molar refractivity (Wildman–Crippen MR) is 72.9 cm³/mol. The number of thiol groups is 1. The SMILES string of the molecule is FC(F)(F)c1cccc([S-])c1.SC1CCCCC1. The largest absolute Gasteiger partial charge is 0.780 e. The summed E-state index contributed by atoms with van der Waals surface area (Å²) in [5.41, 5.74) is -0.690. The lowest BCUT2D eigenvalue weighted by Crippen LogP contribution is -2.04. The van der Waals surface area contributed by atoms with Gasteiger partial charge in [0.2, 0.25) is 0 Å². The third kappa shape index (κ3) is 5.96. The van der Waals surface area contributed by atoms with E-state index >= 15 is 0 Å². The van der Waals surface area contributed by atoms with Crippen molar-refractivity contribution in [3.05, 3.63) is 29.8 Å². The fraction of sp³-hybridized carbons (Fsp3) is 0.538. The van der Waals surface area contributed by atoms with Crippen LogP contribution in [0.3, 0.4) is 0 Å². The van der Waals surface area contributed by atoms with Crippen LogP contribution in [0.15, 0.2) is 29.2 Å². The zero-order valence-corrected chi connectivity index (χ0v) is 11.6. The second-order valence-electron chi connectivity index (χ2n) is 4.32. The Morgan fingerprint density at radius 3 is 2.06 bits per heavy atom. The van der Waals surface area contributed by atoms with E-state index < -0.39 is 11.7 Å². The van der Waals surface area contributed by atoms with Crippen LogP contribution in [0.5, 0.6) is 0 Å². The van der Waals surface area contributed by atoms with Crippen LogP contribution in [-0.2, 0) is 18.8 Å². The molecule has 0 N–H and O–H groups in total. The highest BCUT2D eigenvalue weighted by molar-refractivity contribution is 7.80. The minimum absolute atomic E-state index is 0.208. The summed E-state index contributed by atoms with van der Waals surface area (Å²) in [5, 5.41) is 0.730. The van der Waals surface area contributed by atoms with Gasteiger partial charge in [-0.25, -0.2) is 0 Å². The summed E-state index contributed by atoms with van der Waals surface area (Å²) in [6.07, 6.45) is 2.68. The normalized spacial score (nSPS) is 16.9. The average molecular weight is 293 g/mol. The van der Waals surface area contributed by atoms with Gasteiger partial charge < -0.3 is 12.6 Å². The maximum absolute atomic E-state index is 11.9. The predicted octanol–water partition coefficient (Wildman–Crippen LogP) is 4.86. The fourth-order valence-electron chi connectivity index (χ4n) is 1.75. The monoisotopic (exact) mass is 293 g/mol. The first-order valence-electron chi connectivity index (χ1n) is 5.92. The van der Waals surface area contributed by atoms with Gasteiger partial charge in [0.25, 0.3) is 0 Å². The molecule has 0 bridgehead atoms. The Morgan fingerprint density at radius 1 is 1.11 bits per heavy atom. The van der Waals surface area contributed by atoms with Gasteiger partial charge in [0.05, 0.1) is 5.56 Å². The third-order valence-corrected chi connectivity index (χ3v) is 3.51. The molecule has 0 unspecified atom stereocenters. The van der Waals surface area contributed by atoms with Gasteiger partial charge in [0.1, 0.15) is 0 Å². The zero-order valence-electron chi connectivity index (χ0n) is 9.91. The van der Waals surface area contributed by atoms with Crippen LogP contribution in [0.2, 0.25) is 0 Å². The van der Waals surface area contributed by atoms with Crippen LogP contribution in [0.4, 0.5) is 13.2 Å². The second kappa shape index (κ2) is 7.24. The highest BCUT2D eigenvalue weighted by atomic mass is 32.1. The van der Waals surface area contributed by atoms with E-state index in [1.165, 1.54) is 44.2 Å². The molecule has 102 valence electrons. The van der Waals surface area contributed by atoms with Crippen LogP contribution in [0, 0.1) is 0 Å². The maximum Gasteiger partial charge on any atom is 0.416 e. The van der Waals surface area contributed by atoms with Gasteiger partial charge in [0, 0.05) is 5.25 Å². The van der Waals surface area contributed by atoms with Crippen LogP contribution in [-0.4, -0.2) is 5.25 Å². The Morgan fingerprint density at radius 2 is 1.72 bits per heavy atom. The molecular formula is C13H16F3S2-. The molecule has 1 aliphatic rings. The summed E-state index contributed by atoms with van der Waals surface area (Å²) in [7, 11) is 0. The Kier molecular flexibility index (Phi) is 6.29. The molecule has 0 heterocycles. The van der Waals surface area contributed by atoms with E-state index in [1.54, 1.807) is 0 Å². The molecule has 0 atom stereocenters. The summed E-state index contributed by atoms with van der Waals surface area (Å²) < 4.78 is 35.8. The topological polar surface area (TPSA) is 0 Å². The van der Waals surface area contributed by atoms with Crippen molar-refractivity contribution in [3.8, 4) is 0 Å². The molecule has 0 aliphatic heterocycles. The molecule has 2 rings (SSSR count). The molecule has 1 aromatic carbocycles. The van der Waals surface area contributed by atoms with Crippen LogP contribution < -0.4 is 0 Å². The summed E-state index contributed by atoms with van der Waals surface area (Å²) >= 11 is 8.93. The molecular weight excluding hydrogens is 277 g/mol. The van der Waals surface area contributed by atoms with Gasteiger partial charge >= 0.3 is 6.18 Å². The first-order chi connectivity index (χ1) is 8.39. The van der Waals surface area contributed by atoms with Gasteiger partial charge in [0.15, 0.2) is 0 Å². The molecule has 0 nitrogen and oxygen atoms in total. The van der Waals surface area contributed by atoms with E-state index in [2.05, 4.69) is 25.3 Å². The lowest BCUT2D eigenvalue weighted by atomic mass is 10.0. The molecule has 0 aromatic heterocycles. The van der Waals surface area contributed by atoms with E-state index in [9.17, 15) is 13.2 Å². The molecule has 0 amide bonds. The highest BCUT2D eigenvalue weighted by Crippen LogP contribution is 2.29. The molecule has 1 saturated carbocycles. The van der Waals surface area contributed by atoms with Crippen molar-refractivity contribution in [2.24, 2.45) is 0 Å². The number of hydrogen-bond acceptors (Lipinski definition) is 2. The fourth-order valence-corrected chi connectivity index (χ4v) is 2.32. The average Bonchev–Trinajstić information content (AvgIpc) is 2.30. The van der Waals surface area contributed by atoms with Crippen molar-refractivity contribution in [2.45, 2.75) is 48.4 Å². The van der Waals surface area contributed by atoms with Gasteiger partial charge in [-0.05, 0) is 12.8 Å². The molecule has 1 aliphatic carbocycles. The van der Waals surface area contributed by atoms with Gasteiger partial charge in [-0.1, -0.05) is 43.5 Å². The molecule has 5 heteroatoms. The maximum atomic E-state index is 11.9. The number of rotatable bonds is 0. The molecule has 0 saturated heterocycles. The van der Waals surface area contributed by atoms with Crippen molar-refractivity contribution < 1.29 is 13.2 Å². The minimum atomic E-state index is -4.28. The lowest BCUT2D eigenvalue weighted by molar-refractivity contribution is -0.137. The van der Waals surface area contributed by atoms with E-state index in [0.717, 1.165) is 17.4 Å². The number of benzene rings is 1. The Labute approximate surface area is 117 Å². The Hall–Kier alpha value is -0.420. The highest BCUT2D eigenvalue weighted by Gasteiger charge is 2.29. The van der Waals surface area contributed by atoms with Crippen molar-refractivity contribution in [3.63, 3.8) is 0 Å². The summed E-state index contributed by atoms with van der Waals surface area (Å²) in [6.45, 7) is 0. The zero-order chi connectivity index (χ0) is 13.6. The molecule has 18 heavy (non-hydrogen) atoms. The van der Waals surface area contributed by atoms with E-state index in [0.29, 0.717) is 0 Å². The Bertz CT molecular complexity index is 357. The standard InChI is InChI=1S/C7H5F3S.C6H12S/c8-7(9,10)5-2-1-3-6(11)4-5;7-6-4-2-1-3-5-6/h1-4,11H;6-7H,1-5H2/p-1. The molecule has 1 aromatic rings. The molecule has 0 radical (unpaired) electrons. The quantitative estimate of drug-likeness (QED) is 0.526. The van der Waals surface area contributed by atoms with Gasteiger partial charge in [-0.3, -0.25) is 0 Å².